The summed E-state index contributed by atoms with van der Waals surface area (Å²) in [5.41, 5.74) is 1.13. The lowest BCUT2D eigenvalue weighted by atomic mass is 9.65. The van der Waals surface area contributed by atoms with Crippen LogP contribution in [0.1, 0.15) is 24.8 Å². The third-order valence-electron chi connectivity index (χ3n) is 3.54. The molecular weight excluding hydrogens is 269 g/mol. The average Bonchev–Trinajstić information content (AvgIpc) is 2.20. The topological polar surface area (TPSA) is 12.0 Å². The highest BCUT2D eigenvalue weighted by Gasteiger charge is 2.36. The molecule has 1 fully saturated rings. The van der Waals surface area contributed by atoms with Crippen LogP contribution in [0.3, 0.4) is 0 Å². The SMILES string of the molecule is CNCC1(Cc2cc(Br)ccc2F)CCC1. The lowest BCUT2D eigenvalue weighted by Gasteiger charge is -2.42. The fraction of sp³-hybridized carbons (Fsp3) is 0.538. The van der Waals surface area contributed by atoms with Crippen LogP contribution in [0.15, 0.2) is 22.7 Å². The zero-order valence-corrected chi connectivity index (χ0v) is 11.1. The second-order valence-electron chi connectivity index (χ2n) is 4.80. The molecule has 0 saturated heterocycles. The number of benzene rings is 1. The lowest BCUT2D eigenvalue weighted by molar-refractivity contribution is 0.132. The van der Waals surface area contributed by atoms with Crippen molar-refractivity contribution in [2.75, 3.05) is 13.6 Å². The molecule has 1 aliphatic rings. The van der Waals surface area contributed by atoms with E-state index in [4.69, 9.17) is 0 Å². The van der Waals surface area contributed by atoms with E-state index in [9.17, 15) is 4.39 Å². The van der Waals surface area contributed by atoms with E-state index < -0.39 is 0 Å². The van der Waals surface area contributed by atoms with Crippen LogP contribution in [-0.4, -0.2) is 13.6 Å². The second-order valence-corrected chi connectivity index (χ2v) is 5.71. The van der Waals surface area contributed by atoms with Crippen LogP contribution in [0.4, 0.5) is 4.39 Å². The average molecular weight is 286 g/mol. The van der Waals surface area contributed by atoms with Crippen molar-refractivity contribution in [2.45, 2.75) is 25.7 Å². The molecule has 2 rings (SSSR count). The van der Waals surface area contributed by atoms with Gasteiger partial charge < -0.3 is 5.32 Å². The molecule has 1 nitrogen and oxygen atoms in total. The minimum absolute atomic E-state index is 0.0782. The first-order chi connectivity index (χ1) is 7.65. The molecule has 0 unspecified atom stereocenters. The molecule has 1 N–H and O–H groups in total. The molecule has 16 heavy (non-hydrogen) atoms. The molecule has 1 saturated carbocycles. The van der Waals surface area contributed by atoms with Crippen LogP contribution in [-0.2, 0) is 6.42 Å². The van der Waals surface area contributed by atoms with E-state index in [2.05, 4.69) is 21.2 Å². The molecule has 0 radical (unpaired) electrons. The van der Waals surface area contributed by atoms with Crippen molar-refractivity contribution in [3.63, 3.8) is 0 Å². The van der Waals surface area contributed by atoms with Gasteiger partial charge in [0.15, 0.2) is 0 Å². The van der Waals surface area contributed by atoms with Crippen LogP contribution >= 0.6 is 15.9 Å². The predicted octanol–water partition coefficient (Wildman–Crippen LogP) is 3.52. The van der Waals surface area contributed by atoms with Gasteiger partial charge in [-0.15, -0.1) is 0 Å². The molecule has 0 spiro atoms. The van der Waals surface area contributed by atoms with Crippen LogP contribution < -0.4 is 5.32 Å². The van der Waals surface area contributed by atoms with Crippen molar-refractivity contribution in [3.05, 3.63) is 34.1 Å². The Kier molecular flexibility index (Phi) is 3.65. The number of hydrogen-bond donors (Lipinski definition) is 1. The lowest BCUT2D eigenvalue weighted by Crippen LogP contribution is -2.40. The van der Waals surface area contributed by atoms with Crippen molar-refractivity contribution in [3.8, 4) is 0 Å². The van der Waals surface area contributed by atoms with Crippen molar-refractivity contribution >= 4 is 15.9 Å². The molecule has 0 amide bonds. The summed E-state index contributed by atoms with van der Waals surface area (Å²) < 4.78 is 14.6. The molecule has 1 aromatic rings. The summed E-state index contributed by atoms with van der Waals surface area (Å²) in [6.45, 7) is 0.985. The maximum Gasteiger partial charge on any atom is 0.126 e. The Hall–Kier alpha value is -0.410. The van der Waals surface area contributed by atoms with Crippen LogP contribution in [0.2, 0.25) is 0 Å². The molecule has 1 aromatic carbocycles. The van der Waals surface area contributed by atoms with E-state index in [0.717, 1.165) is 23.0 Å². The summed E-state index contributed by atoms with van der Waals surface area (Å²) in [4.78, 5) is 0. The standard InChI is InChI=1S/C13H17BrFN/c1-16-9-13(5-2-6-13)8-10-7-11(14)3-4-12(10)15/h3-4,7,16H,2,5-6,8-9H2,1H3. The minimum atomic E-state index is -0.0782. The molecule has 0 aromatic heterocycles. The normalized spacial score (nSPS) is 18.2. The molecule has 0 aliphatic heterocycles. The van der Waals surface area contributed by atoms with Gasteiger partial charge in [0.2, 0.25) is 0 Å². The molecular formula is C13H17BrFN. The van der Waals surface area contributed by atoms with Gasteiger partial charge in [0.25, 0.3) is 0 Å². The maximum absolute atomic E-state index is 13.7. The van der Waals surface area contributed by atoms with E-state index in [1.54, 1.807) is 12.1 Å². The fourth-order valence-electron chi connectivity index (χ4n) is 2.55. The summed E-state index contributed by atoms with van der Waals surface area (Å²) in [6, 6.07) is 5.21. The van der Waals surface area contributed by atoms with Gasteiger partial charge >= 0.3 is 0 Å². The van der Waals surface area contributed by atoms with Gasteiger partial charge in [-0.3, -0.25) is 0 Å². The van der Waals surface area contributed by atoms with E-state index in [0.29, 0.717) is 0 Å². The third kappa shape index (κ3) is 2.46. The highest BCUT2D eigenvalue weighted by atomic mass is 79.9. The smallest absolute Gasteiger partial charge is 0.126 e. The first-order valence-electron chi connectivity index (χ1n) is 5.74. The van der Waals surface area contributed by atoms with Gasteiger partial charge in [0.1, 0.15) is 5.82 Å². The maximum atomic E-state index is 13.7. The zero-order chi connectivity index (χ0) is 11.6. The van der Waals surface area contributed by atoms with Crippen molar-refractivity contribution < 1.29 is 4.39 Å². The van der Waals surface area contributed by atoms with Crippen molar-refractivity contribution in [1.82, 2.24) is 5.32 Å². The first-order valence-corrected chi connectivity index (χ1v) is 6.53. The zero-order valence-electron chi connectivity index (χ0n) is 9.52. The highest BCUT2D eigenvalue weighted by Crippen LogP contribution is 2.43. The Morgan fingerprint density at radius 3 is 2.75 bits per heavy atom. The number of nitrogens with one attached hydrogen (secondary N) is 1. The van der Waals surface area contributed by atoms with Gasteiger partial charge in [0.05, 0.1) is 0 Å². The Morgan fingerprint density at radius 1 is 1.44 bits per heavy atom. The van der Waals surface area contributed by atoms with Crippen LogP contribution in [0, 0.1) is 11.2 Å². The van der Waals surface area contributed by atoms with Gasteiger partial charge in [0, 0.05) is 11.0 Å². The molecule has 0 heterocycles. The molecule has 3 heteroatoms. The van der Waals surface area contributed by atoms with E-state index in [1.807, 2.05) is 13.1 Å². The largest absolute Gasteiger partial charge is 0.319 e. The van der Waals surface area contributed by atoms with E-state index >= 15 is 0 Å². The molecule has 1 aliphatic carbocycles. The predicted molar refractivity (Wildman–Crippen MR) is 68.0 cm³/mol. The van der Waals surface area contributed by atoms with Gasteiger partial charge in [-0.05, 0) is 55.5 Å². The van der Waals surface area contributed by atoms with Crippen LogP contribution in [0.25, 0.3) is 0 Å². The number of rotatable bonds is 4. The van der Waals surface area contributed by atoms with E-state index in [-0.39, 0.29) is 11.2 Å². The minimum Gasteiger partial charge on any atom is -0.319 e. The van der Waals surface area contributed by atoms with Gasteiger partial charge in [-0.25, -0.2) is 4.39 Å². The Labute approximate surface area is 105 Å². The Bertz CT molecular complexity index is 374. The van der Waals surface area contributed by atoms with Gasteiger partial charge in [-0.1, -0.05) is 22.4 Å². The molecule has 0 bridgehead atoms. The Balaban J connectivity index is 2.15. The summed E-state index contributed by atoms with van der Waals surface area (Å²) in [6.07, 6.45) is 4.54. The third-order valence-corrected chi connectivity index (χ3v) is 4.03. The quantitative estimate of drug-likeness (QED) is 0.893. The summed E-state index contributed by atoms with van der Waals surface area (Å²) in [5.74, 6) is -0.0782. The van der Waals surface area contributed by atoms with Gasteiger partial charge in [-0.2, -0.15) is 0 Å². The summed E-state index contributed by atoms with van der Waals surface area (Å²) in [5, 5.41) is 3.23. The molecule has 88 valence electrons. The Morgan fingerprint density at radius 2 is 2.19 bits per heavy atom. The molecule has 0 atom stereocenters. The van der Waals surface area contributed by atoms with Crippen LogP contribution in [0.5, 0.6) is 0 Å². The van der Waals surface area contributed by atoms with E-state index in [1.165, 1.54) is 19.3 Å². The van der Waals surface area contributed by atoms with Crippen molar-refractivity contribution in [2.24, 2.45) is 5.41 Å². The highest BCUT2D eigenvalue weighted by molar-refractivity contribution is 9.10. The second kappa shape index (κ2) is 4.84. The number of halogens is 2. The summed E-state index contributed by atoms with van der Waals surface area (Å²) in [7, 11) is 1.97. The monoisotopic (exact) mass is 285 g/mol. The fourth-order valence-corrected chi connectivity index (χ4v) is 2.96. The first kappa shape index (κ1) is 12.1. The summed E-state index contributed by atoms with van der Waals surface area (Å²) >= 11 is 3.40. The number of hydrogen-bond acceptors (Lipinski definition) is 1. The van der Waals surface area contributed by atoms with Crippen molar-refractivity contribution in [1.29, 1.82) is 0 Å².